The first-order valence-corrected chi connectivity index (χ1v) is 6.76. The predicted molar refractivity (Wildman–Crippen MR) is 74.9 cm³/mol. The van der Waals surface area contributed by atoms with Crippen LogP contribution in [-0.2, 0) is 0 Å². The molecule has 0 radical (unpaired) electrons. The van der Waals surface area contributed by atoms with Gasteiger partial charge >= 0.3 is 0 Å². The van der Waals surface area contributed by atoms with Crippen molar-refractivity contribution in [1.82, 2.24) is 4.98 Å². The lowest BCUT2D eigenvalue weighted by Crippen LogP contribution is -1.73. The molecule has 1 aromatic heterocycles. The summed E-state index contributed by atoms with van der Waals surface area (Å²) in [5.74, 6) is -0.204. The molecule has 0 atom stereocenters. The van der Waals surface area contributed by atoms with E-state index in [2.05, 4.69) is 4.98 Å². The molecule has 3 heteroatoms. The molecule has 0 N–H and O–H groups in total. The van der Waals surface area contributed by atoms with E-state index in [0.717, 1.165) is 15.4 Å². The zero-order valence-corrected chi connectivity index (χ0v) is 11.9. The molecule has 0 aliphatic rings. The van der Waals surface area contributed by atoms with Crippen LogP contribution in [0.1, 0.15) is 32.7 Å². The molecule has 94 valence electrons. The van der Waals surface area contributed by atoms with Gasteiger partial charge < -0.3 is 0 Å². The normalized spacial score (nSPS) is 8.59. The van der Waals surface area contributed by atoms with Gasteiger partial charge in [0.05, 0.1) is 9.88 Å². The van der Waals surface area contributed by atoms with Gasteiger partial charge in [0.25, 0.3) is 0 Å². The molecule has 0 saturated carbocycles. The van der Waals surface area contributed by atoms with Crippen LogP contribution in [0.5, 0.6) is 0 Å². The number of nitrogens with zero attached hydrogens (tertiary/aromatic N) is 1. The minimum Gasteiger partial charge on any atom is -0.249 e. The monoisotopic (exact) mass is 253 g/mol. The van der Waals surface area contributed by atoms with Crippen LogP contribution in [0.3, 0.4) is 0 Å². The van der Waals surface area contributed by atoms with Gasteiger partial charge in [-0.1, -0.05) is 39.8 Å². The zero-order chi connectivity index (χ0) is 13.3. The van der Waals surface area contributed by atoms with Crippen molar-refractivity contribution in [3.63, 3.8) is 0 Å². The minimum absolute atomic E-state index is 0.204. The smallest absolute Gasteiger partial charge is 0.123 e. The van der Waals surface area contributed by atoms with Crippen LogP contribution in [0.25, 0.3) is 10.4 Å². The highest BCUT2D eigenvalue weighted by Crippen LogP contribution is 2.25. The van der Waals surface area contributed by atoms with Crippen molar-refractivity contribution in [2.45, 2.75) is 34.6 Å². The van der Waals surface area contributed by atoms with E-state index in [9.17, 15) is 4.39 Å². The standard InChI is InChI=1S/C10H8FNS.2C2H6/c1-7-12-6-10(13-7)8-2-4-9(11)5-3-8;2*1-2/h2-6H,1H3;2*1-2H3. The van der Waals surface area contributed by atoms with Gasteiger partial charge in [-0.3, -0.25) is 0 Å². The van der Waals surface area contributed by atoms with Crippen molar-refractivity contribution in [2.24, 2.45) is 0 Å². The van der Waals surface area contributed by atoms with E-state index >= 15 is 0 Å². The number of thiazole rings is 1. The second-order valence-electron chi connectivity index (χ2n) is 2.75. The molecule has 0 unspecified atom stereocenters. The van der Waals surface area contributed by atoms with E-state index in [1.807, 2.05) is 40.8 Å². The molecule has 0 bridgehead atoms. The molecule has 0 fully saturated rings. The molecular formula is C14H20FNS. The van der Waals surface area contributed by atoms with Gasteiger partial charge in [-0.05, 0) is 24.6 Å². The molecule has 1 aromatic carbocycles. The number of aryl methyl sites for hydroxylation is 1. The Morgan fingerprint density at radius 2 is 1.53 bits per heavy atom. The molecular weight excluding hydrogens is 233 g/mol. The van der Waals surface area contributed by atoms with E-state index in [1.165, 1.54) is 12.1 Å². The predicted octanol–water partition coefficient (Wildman–Crippen LogP) is 5.31. The molecule has 0 spiro atoms. The Morgan fingerprint density at radius 3 is 1.94 bits per heavy atom. The largest absolute Gasteiger partial charge is 0.249 e. The van der Waals surface area contributed by atoms with E-state index in [0.29, 0.717) is 0 Å². The second-order valence-corrected chi connectivity index (χ2v) is 3.99. The van der Waals surface area contributed by atoms with Crippen molar-refractivity contribution in [3.05, 3.63) is 41.3 Å². The van der Waals surface area contributed by atoms with Crippen molar-refractivity contribution >= 4 is 11.3 Å². The first-order chi connectivity index (χ1) is 8.25. The van der Waals surface area contributed by atoms with Gasteiger partial charge in [0, 0.05) is 6.20 Å². The number of rotatable bonds is 1. The summed E-state index contributed by atoms with van der Waals surface area (Å²) >= 11 is 1.61. The van der Waals surface area contributed by atoms with Crippen molar-refractivity contribution < 1.29 is 4.39 Å². The molecule has 0 saturated heterocycles. The summed E-state index contributed by atoms with van der Waals surface area (Å²) in [6.45, 7) is 9.96. The lowest BCUT2D eigenvalue weighted by molar-refractivity contribution is 0.628. The molecule has 2 rings (SSSR count). The third kappa shape index (κ3) is 5.09. The summed E-state index contributed by atoms with van der Waals surface area (Å²) in [6, 6.07) is 6.46. The van der Waals surface area contributed by atoms with Gasteiger partial charge in [0.15, 0.2) is 0 Å². The molecule has 0 amide bonds. The van der Waals surface area contributed by atoms with Gasteiger partial charge in [-0.2, -0.15) is 0 Å². The summed E-state index contributed by atoms with van der Waals surface area (Å²) in [5.41, 5.74) is 1.02. The van der Waals surface area contributed by atoms with Crippen LogP contribution in [0.2, 0.25) is 0 Å². The van der Waals surface area contributed by atoms with Crippen LogP contribution < -0.4 is 0 Å². The molecule has 17 heavy (non-hydrogen) atoms. The van der Waals surface area contributed by atoms with Crippen LogP contribution in [0, 0.1) is 12.7 Å². The van der Waals surface area contributed by atoms with Crippen LogP contribution in [-0.4, -0.2) is 4.98 Å². The number of hydrogen-bond donors (Lipinski definition) is 0. The quantitative estimate of drug-likeness (QED) is 0.671. The first-order valence-electron chi connectivity index (χ1n) is 5.94. The molecule has 2 aromatic rings. The van der Waals surface area contributed by atoms with E-state index in [-0.39, 0.29) is 5.82 Å². The number of aromatic nitrogens is 1. The SMILES string of the molecule is CC.CC.Cc1ncc(-c2ccc(F)cc2)s1. The topological polar surface area (TPSA) is 12.9 Å². The fraction of sp³-hybridized carbons (Fsp3) is 0.357. The average molecular weight is 253 g/mol. The number of hydrogen-bond acceptors (Lipinski definition) is 2. The van der Waals surface area contributed by atoms with Crippen molar-refractivity contribution in [1.29, 1.82) is 0 Å². The third-order valence-corrected chi connectivity index (χ3v) is 2.71. The highest BCUT2D eigenvalue weighted by Gasteiger charge is 2.00. The Hall–Kier alpha value is -1.22. The first kappa shape index (κ1) is 15.8. The summed E-state index contributed by atoms with van der Waals surface area (Å²) in [4.78, 5) is 5.22. The Labute approximate surface area is 107 Å². The maximum atomic E-state index is 12.6. The Morgan fingerprint density at radius 1 is 1.00 bits per heavy atom. The number of benzene rings is 1. The average Bonchev–Trinajstić information content (AvgIpc) is 2.82. The van der Waals surface area contributed by atoms with Gasteiger partial charge in [-0.25, -0.2) is 9.37 Å². The molecule has 0 aliphatic carbocycles. The summed E-state index contributed by atoms with van der Waals surface area (Å²) in [6.07, 6.45) is 1.81. The lowest BCUT2D eigenvalue weighted by Gasteiger charge is -1.94. The lowest BCUT2D eigenvalue weighted by atomic mass is 10.2. The van der Waals surface area contributed by atoms with Crippen LogP contribution >= 0.6 is 11.3 Å². The van der Waals surface area contributed by atoms with E-state index in [4.69, 9.17) is 0 Å². The third-order valence-electron chi connectivity index (χ3n) is 1.75. The highest BCUT2D eigenvalue weighted by atomic mass is 32.1. The number of halogens is 1. The van der Waals surface area contributed by atoms with Gasteiger partial charge in [0.1, 0.15) is 5.82 Å². The van der Waals surface area contributed by atoms with Crippen LogP contribution in [0.15, 0.2) is 30.5 Å². The van der Waals surface area contributed by atoms with E-state index < -0.39 is 0 Å². The second kappa shape index (κ2) is 8.88. The molecule has 0 aliphatic heterocycles. The summed E-state index contributed by atoms with van der Waals surface area (Å²) in [5, 5.41) is 1.03. The Balaban J connectivity index is 0.000000581. The van der Waals surface area contributed by atoms with Crippen LogP contribution in [0.4, 0.5) is 4.39 Å². The van der Waals surface area contributed by atoms with Gasteiger partial charge in [0.2, 0.25) is 0 Å². The molecule has 1 nitrogen and oxygen atoms in total. The molecule has 1 heterocycles. The maximum absolute atomic E-state index is 12.6. The highest BCUT2D eigenvalue weighted by molar-refractivity contribution is 7.15. The Kier molecular flexibility index (Phi) is 8.24. The van der Waals surface area contributed by atoms with Crippen molar-refractivity contribution in [2.75, 3.05) is 0 Å². The zero-order valence-electron chi connectivity index (χ0n) is 11.1. The van der Waals surface area contributed by atoms with E-state index in [1.54, 1.807) is 23.5 Å². The minimum atomic E-state index is -0.204. The maximum Gasteiger partial charge on any atom is 0.123 e. The fourth-order valence-corrected chi connectivity index (χ4v) is 1.89. The van der Waals surface area contributed by atoms with Crippen molar-refractivity contribution in [3.8, 4) is 10.4 Å². The summed E-state index contributed by atoms with van der Waals surface area (Å²) < 4.78 is 12.6. The summed E-state index contributed by atoms with van der Waals surface area (Å²) in [7, 11) is 0. The van der Waals surface area contributed by atoms with Gasteiger partial charge in [-0.15, -0.1) is 11.3 Å². The fourth-order valence-electron chi connectivity index (χ4n) is 1.11. The Bertz CT molecular complexity index is 406.